The summed E-state index contributed by atoms with van der Waals surface area (Å²) in [6.45, 7) is 2.08. The number of benzene rings is 2. The molecule has 3 N–H and O–H groups in total. The maximum Gasteiger partial charge on any atom is 0.138 e. The molecule has 0 saturated heterocycles. The van der Waals surface area contributed by atoms with E-state index in [1.54, 1.807) is 6.07 Å². The first-order chi connectivity index (χ1) is 8.61. The number of para-hydroxylation sites is 1. The lowest BCUT2D eigenvalue weighted by atomic mass is 10.1. The minimum atomic E-state index is -0.263. The molecule has 18 heavy (non-hydrogen) atoms. The van der Waals surface area contributed by atoms with Gasteiger partial charge in [-0.3, -0.25) is 0 Å². The van der Waals surface area contributed by atoms with Crippen LogP contribution in [0.5, 0.6) is 0 Å². The fourth-order valence-electron chi connectivity index (χ4n) is 1.77. The van der Waals surface area contributed by atoms with Crippen LogP contribution in [0.25, 0.3) is 0 Å². The van der Waals surface area contributed by atoms with Crippen LogP contribution in [0.4, 0.5) is 21.5 Å². The first-order valence-corrected chi connectivity index (χ1v) is 6.79. The fourth-order valence-corrected chi connectivity index (χ4v) is 2.26. The highest BCUT2D eigenvalue weighted by Crippen LogP contribution is 2.28. The van der Waals surface area contributed by atoms with Gasteiger partial charge in [-0.15, -0.1) is 0 Å². The molecule has 2 aromatic carbocycles. The van der Waals surface area contributed by atoms with E-state index in [2.05, 4.69) is 12.2 Å². The molecule has 94 valence electrons. The van der Waals surface area contributed by atoms with Crippen LogP contribution >= 0.6 is 22.6 Å². The van der Waals surface area contributed by atoms with E-state index in [9.17, 15) is 4.39 Å². The molecule has 0 atom stereocenters. The van der Waals surface area contributed by atoms with Crippen molar-refractivity contribution in [2.75, 3.05) is 11.1 Å². The summed E-state index contributed by atoms with van der Waals surface area (Å²) in [6.07, 6.45) is 0.913. The van der Waals surface area contributed by atoms with Gasteiger partial charge in [0, 0.05) is 11.8 Å². The zero-order valence-electron chi connectivity index (χ0n) is 10.0. The lowest BCUT2D eigenvalue weighted by molar-refractivity contribution is 0.621. The Morgan fingerprint density at radius 2 is 1.94 bits per heavy atom. The van der Waals surface area contributed by atoms with Gasteiger partial charge in [0.25, 0.3) is 0 Å². The SMILES string of the molecule is CCc1ccccc1Nc1cc(F)c(I)cc1N. The molecule has 0 aliphatic carbocycles. The van der Waals surface area contributed by atoms with Gasteiger partial charge in [-0.25, -0.2) is 4.39 Å². The molecule has 0 unspecified atom stereocenters. The van der Waals surface area contributed by atoms with E-state index in [4.69, 9.17) is 5.73 Å². The smallest absolute Gasteiger partial charge is 0.138 e. The van der Waals surface area contributed by atoms with Crippen molar-refractivity contribution in [3.8, 4) is 0 Å². The van der Waals surface area contributed by atoms with Crippen LogP contribution in [0, 0.1) is 9.39 Å². The Balaban J connectivity index is 2.37. The highest BCUT2D eigenvalue weighted by atomic mass is 127. The number of nitrogen functional groups attached to an aromatic ring is 1. The maximum absolute atomic E-state index is 13.5. The zero-order valence-corrected chi connectivity index (χ0v) is 12.2. The lowest BCUT2D eigenvalue weighted by Gasteiger charge is -2.13. The van der Waals surface area contributed by atoms with Gasteiger partial charge in [0.05, 0.1) is 14.9 Å². The molecule has 0 fully saturated rings. The minimum absolute atomic E-state index is 0.263. The second-order valence-electron chi connectivity index (χ2n) is 3.99. The molecule has 2 nitrogen and oxygen atoms in total. The predicted octanol–water partition coefficient (Wildman–Crippen LogP) is 4.32. The van der Waals surface area contributed by atoms with E-state index in [1.807, 2.05) is 46.9 Å². The molecule has 0 heterocycles. The van der Waals surface area contributed by atoms with Crippen molar-refractivity contribution in [2.24, 2.45) is 0 Å². The average Bonchev–Trinajstić information content (AvgIpc) is 2.36. The summed E-state index contributed by atoms with van der Waals surface area (Å²) in [4.78, 5) is 0. The average molecular weight is 356 g/mol. The van der Waals surface area contributed by atoms with Gasteiger partial charge in [0.15, 0.2) is 0 Å². The zero-order chi connectivity index (χ0) is 13.1. The van der Waals surface area contributed by atoms with Crippen molar-refractivity contribution in [2.45, 2.75) is 13.3 Å². The van der Waals surface area contributed by atoms with Gasteiger partial charge in [0.2, 0.25) is 0 Å². The van der Waals surface area contributed by atoms with Crippen LogP contribution in [-0.4, -0.2) is 0 Å². The summed E-state index contributed by atoms with van der Waals surface area (Å²) in [5.74, 6) is -0.263. The molecular formula is C14H14FIN2. The van der Waals surface area contributed by atoms with Crippen LogP contribution in [0.3, 0.4) is 0 Å². The molecule has 4 heteroatoms. The van der Waals surface area contributed by atoms with E-state index < -0.39 is 0 Å². The Labute approximate surface area is 120 Å². The summed E-state index contributed by atoms with van der Waals surface area (Å²) in [7, 11) is 0. The number of aryl methyl sites for hydroxylation is 1. The monoisotopic (exact) mass is 356 g/mol. The third-order valence-corrected chi connectivity index (χ3v) is 3.59. The summed E-state index contributed by atoms with van der Waals surface area (Å²) >= 11 is 1.93. The normalized spacial score (nSPS) is 10.4. The number of hydrogen-bond donors (Lipinski definition) is 2. The lowest BCUT2D eigenvalue weighted by Crippen LogP contribution is -2.00. The van der Waals surface area contributed by atoms with Gasteiger partial charge in [-0.05, 0) is 46.7 Å². The molecule has 2 aromatic rings. The summed E-state index contributed by atoms with van der Waals surface area (Å²) < 4.78 is 14.1. The Bertz CT molecular complexity index is 570. The molecule has 0 radical (unpaired) electrons. The third kappa shape index (κ3) is 2.75. The number of halogens is 2. The molecular weight excluding hydrogens is 342 g/mol. The van der Waals surface area contributed by atoms with Gasteiger partial charge >= 0.3 is 0 Å². The van der Waals surface area contributed by atoms with Gasteiger partial charge in [0.1, 0.15) is 5.82 Å². The maximum atomic E-state index is 13.5. The Morgan fingerprint density at radius 3 is 2.67 bits per heavy atom. The van der Waals surface area contributed by atoms with Crippen LogP contribution in [0.2, 0.25) is 0 Å². The van der Waals surface area contributed by atoms with Crippen LogP contribution < -0.4 is 11.1 Å². The minimum Gasteiger partial charge on any atom is -0.397 e. The molecule has 0 amide bonds. The number of rotatable bonds is 3. The summed E-state index contributed by atoms with van der Waals surface area (Å²) in [6, 6.07) is 11.0. The number of nitrogens with one attached hydrogen (secondary N) is 1. The number of nitrogens with two attached hydrogens (primary N) is 1. The van der Waals surface area contributed by atoms with E-state index in [0.717, 1.165) is 12.1 Å². The molecule has 0 aliphatic heterocycles. The van der Waals surface area contributed by atoms with Gasteiger partial charge in [-0.2, -0.15) is 0 Å². The van der Waals surface area contributed by atoms with Gasteiger partial charge in [-0.1, -0.05) is 25.1 Å². The molecule has 0 saturated carbocycles. The quantitative estimate of drug-likeness (QED) is 0.635. The molecule has 0 bridgehead atoms. The third-order valence-electron chi connectivity index (χ3n) is 2.76. The molecule has 2 rings (SSSR count). The van der Waals surface area contributed by atoms with Crippen LogP contribution in [0.15, 0.2) is 36.4 Å². The van der Waals surface area contributed by atoms with E-state index in [0.29, 0.717) is 14.9 Å². The number of anilines is 3. The van der Waals surface area contributed by atoms with Crippen molar-refractivity contribution in [1.29, 1.82) is 0 Å². The first-order valence-electron chi connectivity index (χ1n) is 5.71. The number of hydrogen-bond acceptors (Lipinski definition) is 2. The van der Waals surface area contributed by atoms with E-state index >= 15 is 0 Å². The fraction of sp³-hybridized carbons (Fsp3) is 0.143. The van der Waals surface area contributed by atoms with Crippen LogP contribution in [-0.2, 0) is 6.42 Å². The second-order valence-corrected chi connectivity index (χ2v) is 5.15. The highest BCUT2D eigenvalue weighted by Gasteiger charge is 2.07. The van der Waals surface area contributed by atoms with Gasteiger partial charge < -0.3 is 11.1 Å². The Morgan fingerprint density at radius 1 is 1.22 bits per heavy atom. The highest BCUT2D eigenvalue weighted by molar-refractivity contribution is 14.1. The molecule has 0 spiro atoms. The largest absolute Gasteiger partial charge is 0.397 e. The topological polar surface area (TPSA) is 38.0 Å². The summed E-state index contributed by atoms with van der Waals surface area (Å²) in [5.41, 5.74) is 9.19. The van der Waals surface area contributed by atoms with Crippen LogP contribution in [0.1, 0.15) is 12.5 Å². The standard InChI is InChI=1S/C14H14FIN2/c1-2-9-5-3-4-6-13(9)18-14-7-10(15)11(16)8-12(14)17/h3-8,18H,2,17H2,1H3. The molecule has 0 aliphatic rings. The van der Waals surface area contributed by atoms with Crippen molar-refractivity contribution >= 4 is 39.7 Å². The van der Waals surface area contributed by atoms with E-state index in [-0.39, 0.29) is 5.82 Å². The van der Waals surface area contributed by atoms with E-state index in [1.165, 1.54) is 11.6 Å². The Hall–Kier alpha value is -1.30. The Kier molecular flexibility index (Phi) is 4.06. The van der Waals surface area contributed by atoms with Crippen molar-refractivity contribution in [3.05, 3.63) is 51.3 Å². The van der Waals surface area contributed by atoms with Crippen molar-refractivity contribution in [3.63, 3.8) is 0 Å². The first kappa shape index (κ1) is 13.1. The van der Waals surface area contributed by atoms with Crippen molar-refractivity contribution in [1.82, 2.24) is 0 Å². The summed E-state index contributed by atoms with van der Waals surface area (Å²) in [5, 5.41) is 3.19. The predicted molar refractivity (Wildman–Crippen MR) is 82.6 cm³/mol. The van der Waals surface area contributed by atoms with Crippen molar-refractivity contribution < 1.29 is 4.39 Å². The molecule has 0 aromatic heterocycles. The second kappa shape index (κ2) is 5.56.